The van der Waals surface area contributed by atoms with E-state index >= 15 is 0 Å². The molecule has 0 saturated carbocycles. The maximum Gasteiger partial charge on any atom is 0.306 e. The molecular formula is C56H90O6. The largest absolute Gasteiger partial charge is 0.462 e. The molecule has 0 rings (SSSR count). The molecule has 0 aromatic rings. The van der Waals surface area contributed by atoms with E-state index < -0.39 is 6.10 Å². The molecule has 0 aliphatic rings. The van der Waals surface area contributed by atoms with Crippen molar-refractivity contribution in [1.82, 2.24) is 0 Å². The second-order valence-corrected chi connectivity index (χ2v) is 16.1. The predicted octanol–water partition coefficient (Wildman–Crippen LogP) is 16.4. The van der Waals surface area contributed by atoms with Crippen molar-refractivity contribution in [1.29, 1.82) is 0 Å². The van der Waals surface area contributed by atoms with Crippen molar-refractivity contribution in [3.63, 3.8) is 0 Å². The molecule has 6 nitrogen and oxygen atoms in total. The van der Waals surface area contributed by atoms with Gasteiger partial charge in [-0.05, 0) is 70.6 Å². The van der Waals surface area contributed by atoms with Gasteiger partial charge in [0.25, 0.3) is 0 Å². The summed E-state index contributed by atoms with van der Waals surface area (Å²) in [6.07, 6.45) is 66.6. The number of ether oxygens (including phenoxy) is 3. The first-order chi connectivity index (χ1) is 30.5. The molecule has 0 saturated heterocycles. The Morgan fingerprint density at radius 2 is 0.742 bits per heavy atom. The first-order valence-electron chi connectivity index (χ1n) is 24.9. The number of hydrogen-bond acceptors (Lipinski definition) is 6. The number of rotatable bonds is 43. The maximum atomic E-state index is 12.8. The van der Waals surface area contributed by atoms with Crippen LogP contribution in [0.15, 0.2) is 109 Å². The van der Waals surface area contributed by atoms with Crippen LogP contribution in [0.3, 0.4) is 0 Å². The van der Waals surface area contributed by atoms with E-state index in [4.69, 9.17) is 14.2 Å². The lowest BCUT2D eigenvalue weighted by Gasteiger charge is -2.18. The van der Waals surface area contributed by atoms with Gasteiger partial charge in [0.05, 0.1) is 0 Å². The van der Waals surface area contributed by atoms with Crippen LogP contribution in [0, 0.1) is 0 Å². The van der Waals surface area contributed by atoms with Crippen molar-refractivity contribution in [3.8, 4) is 0 Å². The molecule has 0 bridgehead atoms. The Morgan fingerprint density at radius 3 is 1.24 bits per heavy atom. The van der Waals surface area contributed by atoms with Gasteiger partial charge >= 0.3 is 17.9 Å². The number of carbonyl (C=O) groups excluding carboxylic acids is 3. The van der Waals surface area contributed by atoms with Crippen LogP contribution in [0.1, 0.15) is 207 Å². The summed E-state index contributed by atoms with van der Waals surface area (Å²) in [6, 6.07) is 0. The number of hydrogen-bond donors (Lipinski definition) is 0. The Morgan fingerprint density at radius 1 is 0.355 bits per heavy atom. The third-order valence-electron chi connectivity index (χ3n) is 10.1. The van der Waals surface area contributed by atoms with Gasteiger partial charge in [-0.15, -0.1) is 0 Å². The lowest BCUT2D eigenvalue weighted by molar-refractivity contribution is -0.166. The van der Waals surface area contributed by atoms with E-state index in [2.05, 4.69) is 81.5 Å². The van der Waals surface area contributed by atoms with E-state index in [0.29, 0.717) is 19.3 Å². The third kappa shape index (κ3) is 47.1. The summed E-state index contributed by atoms with van der Waals surface area (Å²) in [5.74, 6) is -1.05. The molecule has 62 heavy (non-hydrogen) atoms. The molecule has 1 unspecified atom stereocenters. The van der Waals surface area contributed by atoms with Crippen LogP contribution in [0.2, 0.25) is 0 Å². The fraction of sp³-hybridized carbons (Fsp3) is 0.625. The van der Waals surface area contributed by atoms with Gasteiger partial charge in [0.15, 0.2) is 6.10 Å². The summed E-state index contributed by atoms with van der Waals surface area (Å²) in [5, 5.41) is 0. The summed E-state index contributed by atoms with van der Waals surface area (Å²) in [6.45, 7) is 6.27. The van der Waals surface area contributed by atoms with Gasteiger partial charge in [-0.2, -0.15) is 0 Å². The highest BCUT2D eigenvalue weighted by molar-refractivity contribution is 5.71. The standard InChI is InChI=1S/C56H90O6/c1-4-7-10-13-16-19-22-25-27-29-31-34-37-40-43-46-49-55(58)61-52-53(51-60-54(57)48-45-42-39-36-33-30-24-21-18-15-12-9-6-3)62-56(59)50-47-44-41-38-35-32-28-26-23-20-17-14-11-8-5-2/h7,9-10,12,15-16,18-19,21,24-25,27,30-31,33-34,40,43,53H,4-6,8,11,13-14,17,20,22-23,26,28-29,32,35-39,41-42,44-52H2,1-3H3/b10-7-,12-9-,18-15-,19-16-,24-21-,27-25-,33-30-,34-31-,43-40-. The van der Waals surface area contributed by atoms with Crippen molar-refractivity contribution in [3.05, 3.63) is 109 Å². The molecule has 6 heteroatoms. The van der Waals surface area contributed by atoms with Crippen molar-refractivity contribution in [2.75, 3.05) is 13.2 Å². The fourth-order valence-corrected chi connectivity index (χ4v) is 6.44. The minimum absolute atomic E-state index is 0.122. The minimum Gasteiger partial charge on any atom is -0.462 e. The summed E-state index contributed by atoms with van der Waals surface area (Å²) in [5.41, 5.74) is 0. The monoisotopic (exact) mass is 859 g/mol. The van der Waals surface area contributed by atoms with Crippen LogP contribution in [0.25, 0.3) is 0 Å². The normalized spacial score (nSPS) is 13.0. The maximum absolute atomic E-state index is 12.8. The molecular weight excluding hydrogens is 769 g/mol. The van der Waals surface area contributed by atoms with Crippen molar-refractivity contribution in [2.24, 2.45) is 0 Å². The zero-order valence-corrected chi connectivity index (χ0v) is 39.8. The van der Waals surface area contributed by atoms with E-state index in [-0.39, 0.29) is 37.5 Å². The predicted molar refractivity (Wildman–Crippen MR) is 265 cm³/mol. The average molecular weight is 859 g/mol. The van der Waals surface area contributed by atoms with E-state index in [1.807, 2.05) is 48.6 Å². The average Bonchev–Trinajstić information content (AvgIpc) is 3.27. The molecule has 0 aromatic heterocycles. The lowest BCUT2D eigenvalue weighted by Crippen LogP contribution is -2.30. The quantitative estimate of drug-likeness (QED) is 0.0200. The van der Waals surface area contributed by atoms with Crippen LogP contribution in [-0.2, 0) is 28.6 Å². The van der Waals surface area contributed by atoms with Gasteiger partial charge in [0.2, 0.25) is 0 Å². The fourth-order valence-electron chi connectivity index (χ4n) is 6.44. The zero-order valence-electron chi connectivity index (χ0n) is 39.8. The van der Waals surface area contributed by atoms with Gasteiger partial charge < -0.3 is 14.2 Å². The van der Waals surface area contributed by atoms with Crippen LogP contribution in [0.5, 0.6) is 0 Å². The van der Waals surface area contributed by atoms with Gasteiger partial charge in [-0.3, -0.25) is 14.4 Å². The van der Waals surface area contributed by atoms with E-state index in [0.717, 1.165) is 83.5 Å². The van der Waals surface area contributed by atoms with E-state index in [9.17, 15) is 14.4 Å². The summed E-state index contributed by atoms with van der Waals surface area (Å²) < 4.78 is 16.7. The molecule has 350 valence electrons. The Kier molecular flexibility index (Phi) is 46.6. The molecule has 0 heterocycles. The zero-order chi connectivity index (χ0) is 45.1. The molecule has 0 aliphatic heterocycles. The van der Waals surface area contributed by atoms with Crippen molar-refractivity contribution < 1.29 is 28.6 Å². The highest BCUT2D eigenvalue weighted by Gasteiger charge is 2.19. The van der Waals surface area contributed by atoms with Gasteiger partial charge in [-0.1, -0.05) is 226 Å². The molecule has 0 radical (unpaired) electrons. The highest BCUT2D eigenvalue weighted by atomic mass is 16.6. The topological polar surface area (TPSA) is 78.9 Å². The number of unbranched alkanes of at least 4 members (excludes halogenated alkanes) is 17. The molecule has 0 amide bonds. The van der Waals surface area contributed by atoms with Crippen LogP contribution < -0.4 is 0 Å². The number of carbonyl (C=O) groups is 3. The lowest BCUT2D eigenvalue weighted by atomic mass is 10.0. The SMILES string of the molecule is CC\C=C/C=C\C=C/C=C\CCCCCC(=O)OCC(COC(=O)CC/C=C\C/C=C\C/C=C\C/C=C\C/C=C\CC)OC(=O)CCCCCCCCCCCCCCCCC. The molecule has 0 fully saturated rings. The summed E-state index contributed by atoms with van der Waals surface area (Å²) in [7, 11) is 0. The molecule has 0 N–H and O–H groups in total. The first kappa shape index (κ1) is 58.1. The second kappa shape index (κ2) is 49.7. The number of allylic oxidation sites excluding steroid dienone is 18. The second-order valence-electron chi connectivity index (χ2n) is 16.1. The van der Waals surface area contributed by atoms with Gasteiger partial charge in [-0.25, -0.2) is 0 Å². The molecule has 0 aliphatic carbocycles. The van der Waals surface area contributed by atoms with Crippen molar-refractivity contribution in [2.45, 2.75) is 213 Å². The Balaban J connectivity index is 4.55. The smallest absolute Gasteiger partial charge is 0.306 e. The van der Waals surface area contributed by atoms with Crippen molar-refractivity contribution >= 4 is 17.9 Å². The third-order valence-corrected chi connectivity index (χ3v) is 10.1. The number of esters is 3. The van der Waals surface area contributed by atoms with Crippen LogP contribution in [-0.4, -0.2) is 37.2 Å². The Hall–Kier alpha value is -3.93. The minimum atomic E-state index is -0.823. The molecule has 0 spiro atoms. The Bertz CT molecular complexity index is 1310. The molecule has 0 aromatic carbocycles. The highest BCUT2D eigenvalue weighted by Crippen LogP contribution is 2.15. The first-order valence-corrected chi connectivity index (χ1v) is 24.9. The van der Waals surface area contributed by atoms with E-state index in [1.54, 1.807) is 0 Å². The van der Waals surface area contributed by atoms with E-state index in [1.165, 1.54) is 77.0 Å². The van der Waals surface area contributed by atoms with Gasteiger partial charge in [0.1, 0.15) is 13.2 Å². The van der Waals surface area contributed by atoms with Gasteiger partial charge in [0, 0.05) is 19.3 Å². The Labute approximate surface area is 380 Å². The summed E-state index contributed by atoms with van der Waals surface area (Å²) in [4.78, 5) is 37.9. The van der Waals surface area contributed by atoms with Crippen LogP contribution in [0.4, 0.5) is 0 Å². The summed E-state index contributed by atoms with van der Waals surface area (Å²) >= 11 is 0. The van der Waals surface area contributed by atoms with Crippen LogP contribution >= 0.6 is 0 Å². The molecule has 1 atom stereocenters.